The van der Waals surface area contributed by atoms with Gasteiger partial charge in [-0.05, 0) is 64.1 Å². The zero-order valence-corrected chi connectivity index (χ0v) is 18.1. The number of ether oxygens (including phenoxy) is 1. The molecule has 0 bridgehead atoms. The molecule has 2 aromatic rings. The van der Waals surface area contributed by atoms with Crippen molar-refractivity contribution >= 4 is 27.6 Å². The van der Waals surface area contributed by atoms with Gasteiger partial charge in [-0.3, -0.25) is 9.52 Å². The molecule has 0 spiro atoms. The molecule has 30 heavy (non-hydrogen) atoms. The summed E-state index contributed by atoms with van der Waals surface area (Å²) in [7, 11) is -4.05. The highest BCUT2D eigenvalue weighted by Crippen LogP contribution is 2.21. The summed E-state index contributed by atoms with van der Waals surface area (Å²) in [6.45, 7) is 6.98. The molecule has 0 aliphatic carbocycles. The molecule has 0 aliphatic heterocycles. The fourth-order valence-corrected chi connectivity index (χ4v) is 4.10. The van der Waals surface area contributed by atoms with Crippen LogP contribution in [0, 0.1) is 5.82 Å². The number of rotatable bonds is 8. The molecule has 0 unspecified atom stereocenters. The fourth-order valence-electron chi connectivity index (χ4n) is 3.02. The Kier molecular flexibility index (Phi) is 7.55. The molecule has 0 aliphatic rings. The maximum atomic E-state index is 13.1. The molecule has 0 radical (unpaired) electrons. The third-order valence-corrected chi connectivity index (χ3v) is 5.62. The summed E-state index contributed by atoms with van der Waals surface area (Å²) in [6.07, 6.45) is 0. The van der Waals surface area contributed by atoms with Gasteiger partial charge in [0.15, 0.2) is 6.61 Å². The van der Waals surface area contributed by atoms with Gasteiger partial charge in [-0.15, -0.1) is 0 Å². The number of halogens is 1. The Hall–Kier alpha value is -2.94. The van der Waals surface area contributed by atoms with Crippen LogP contribution in [-0.2, 0) is 19.6 Å². The van der Waals surface area contributed by atoms with Crippen molar-refractivity contribution < 1.29 is 27.1 Å². The molecule has 162 valence electrons. The van der Waals surface area contributed by atoms with Gasteiger partial charge in [-0.25, -0.2) is 17.6 Å². The van der Waals surface area contributed by atoms with Crippen LogP contribution in [0.25, 0.3) is 0 Å². The second-order valence-corrected chi connectivity index (χ2v) is 8.85. The SMILES string of the molecule is CC(C)N(C(=O)COC(=O)c1ccccc1NS(=O)(=O)c1ccc(F)cc1)C(C)C. The Bertz CT molecular complexity index is 996. The Morgan fingerprint density at radius 2 is 1.57 bits per heavy atom. The molecule has 2 aromatic carbocycles. The Labute approximate surface area is 175 Å². The number of hydrogen-bond acceptors (Lipinski definition) is 5. The highest BCUT2D eigenvalue weighted by atomic mass is 32.2. The summed E-state index contributed by atoms with van der Waals surface area (Å²) in [5, 5.41) is 0. The molecule has 0 heterocycles. The number of esters is 1. The predicted molar refractivity (Wildman–Crippen MR) is 111 cm³/mol. The van der Waals surface area contributed by atoms with E-state index in [4.69, 9.17) is 4.74 Å². The first kappa shape index (κ1) is 23.3. The molecule has 0 aromatic heterocycles. The minimum atomic E-state index is -4.05. The van der Waals surface area contributed by atoms with Crippen molar-refractivity contribution in [3.63, 3.8) is 0 Å². The van der Waals surface area contributed by atoms with E-state index in [1.807, 2.05) is 27.7 Å². The fraction of sp³-hybridized carbons (Fsp3) is 0.333. The predicted octanol–water partition coefficient (Wildman–Crippen LogP) is 3.43. The number of para-hydroxylation sites is 1. The van der Waals surface area contributed by atoms with Gasteiger partial charge in [0.2, 0.25) is 0 Å². The molecule has 0 saturated carbocycles. The summed E-state index contributed by atoms with van der Waals surface area (Å²) >= 11 is 0. The van der Waals surface area contributed by atoms with Crippen molar-refractivity contribution in [2.75, 3.05) is 11.3 Å². The third kappa shape index (κ3) is 5.79. The molecule has 1 N–H and O–H groups in total. The van der Waals surface area contributed by atoms with E-state index in [9.17, 15) is 22.4 Å². The summed E-state index contributed by atoms with van der Waals surface area (Å²) in [4.78, 5) is 26.3. The van der Waals surface area contributed by atoms with E-state index in [2.05, 4.69) is 4.72 Å². The van der Waals surface area contributed by atoms with Crippen LogP contribution in [0.1, 0.15) is 38.1 Å². The summed E-state index contributed by atoms with van der Waals surface area (Å²) in [6, 6.07) is 10.0. The first-order chi connectivity index (χ1) is 14.0. The van der Waals surface area contributed by atoms with E-state index in [1.165, 1.54) is 12.1 Å². The van der Waals surface area contributed by atoms with Crippen LogP contribution in [0.2, 0.25) is 0 Å². The highest BCUT2D eigenvalue weighted by Gasteiger charge is 2.23. The van der Waals surface area contributed by atoms with Crippen LogP contribution in [0.4, 0.5) is 10.1 Å². The minimum Gasteiger partial charge on any atom is -0.452 e. The van der Waals surface area contributed by atoms with Crippen LogP contribution in [0.15, 0.2) is 53.4 Å². The monoisotopic (exact) mass is 436 g/mol. The van der Waals surface area contributed by atoms with Crippen LogP contribution in [0.3, 0.4) is 0 Å². The van der Waals surface area contributed by atoms with E-state index in [1.54, 1.807) is 17.0 Å². The average Bonchev–Trinajstić information content (AvgIpc) is 2.66. The normalized spacial score (nSPS) is 11.4. The van der Waals surface area contributed by atoms with Crippen LogP contribution < -0.4 is 4.72 Å². The molecular weight excluding hydrogens is 411 g/mol. The van der Waals surface area contributed by atoms with Gasteiger partial charge in [0.05, 0.1) is 16.1 Å². The van der Waals surface area contributed by atoms with Crippen molar-refractivity contribution in [3.8, 4) is 0 Å². The summed E-state index contributed by atoms with van der Waals surface area (Å²) in [5.74, 6) is -1.76. The first-order valence-electron chi connectivity index (χ1n) is 9.38. The van der Waals surface area contributed by atoms with Crippen LogP contribution >= 0.6 is 0 Å². The zero-order valence-electron chi connectivity index (χ0n) is 17.3. The van der Waals surface area contributed by atoms with E-state index in [0.717, 1.165) is 24.3 Å². The Morgan fingerprint density at radius 3 is 2.13 bits per heavy atom. The topological polar surface area (TPSA) is 92.8 Å². The zero-order chi connectivity index (χ0) is 22.5. The lowest BCUT2D eigenvalue weighted by atomic mass is 10.2. The maximum absolute atomic E-state index is 13.1. The molecule has 1 amide bonds. The number of carbonyl (C=O) groups is 2. The molecule has 2 rings (SSSR count). The molecule has 0 atom stereocenters. The number of carbonyl (C=O) groups excluding carboxylic acids is 2. The van der Waals surface area contributed by atoms with E-state index >= 15 is 0 Å². The number of amides is 1. The van der Waals surface area contributed by atoms with Gasteiger partial charge in [-0.2, -0.15) is 0 Å². The third-order valence-electron chi connectivity index (χ3n) is 4.24. The van der Waals surface area contributed by atoms with Gasteiger partial charge in [0.25, 0.3) is 15.9 Å². The standard InChI is InChI=1S/C21H25FN2O5S/c1-14(2)24(15(3)4)20(25)13-29-21(26)18-7-5-6-8-19(18)23-30(27,28)17-11-9-16(22)10-12-17/h5-12,14-15,23H,13H2,1-4H3. The van der Waals surface area contributed by atoms with E-state index in [0.29, 0.717) is 0 Å². The van der Waals surface area contributed by atoms with Crippen LogP contribution in [-0.4, -0.2) is 43.9 Å². The Morgan fingerprint density at radius 1 is 1.00 bits per heavy atom. The second kappa shape index (κ2) is 9.71. The van der Waals surface area contributed by atoms with Gasteiger partial charge in [0, 0.05) is 12.1 Å². The number of nitrogens with one attached hydrogen (secondary N) is 1. The minimum absolute atomic E-state index is 0.0103. The van der Waals surface area contributed by atoms with Crippen molar-refractivity contribution in [1.82, 2.24) is 4.90 Å². The quantitative estimate of drug-likeness (QED) is 0.640. The Balaban J connectivity index is 2.17. The number of anilines is 1. The molecule has 0 fully saturated rings. The van der Waals surface area contributed by atoms with Gasteiger partial charge in [-0.1, -0.05) is 12.1 Å². The van der Waals surface area contributed by atoms with Crippen molar-refractivity contribution in [1.29, 1.82) is 0 Å². The molecular formula is C21H25FN2O5S. The van der Waals surface area contributed by atoms with Gasteiger partial charge >= 0.3 is 5.97 Å². The van der Waals surface area contributed by atoms with Crippen LogP contribution in [0.5, 0.6) is 0 Å². The smallest absolute Gasteiger partial charge is 0.340 e. The number of nitrogens with zero attached hydrogens (tertiary/aromatic N) is 1. The molecule has 9 heteroatoms. The van der Waals surface area contributed by atoms with Gasteiger partial charge < -0.3 is 9.64 Å². The lowest BCUT2D eigenvalue weighted by molar-refractivity contribution is -0.138. The highest BCUT2D eigenvalue weighted by molar-refractivity contribution is 7.92. The summed E-state index contributed by atoms with van der Waals surface area (Å²) < 4.78 is 45.6. The summed E-state index contributed by atoms with van der Waals surface area (Å²) in [5.41, 5.74) is -0.0551. The average molecular weight is 437 g/mol. The molecule has 0 saturated heterocycles. The van der Waals surface area contributed by atoms with Crippen molar-refractivity contribution in [2.24, 2.45) is 0 Å². The lowest BCUT2D eigenvalue weighted by Crippen LogP contribution is -2.44. The number of benzene rings is 2. The van der Waals surface area contributed by atoms with Crippen molar-refractivity contribution in [3.05, 3.63) is 59.9 Å². The molecule has 7 nitrogen and oxygen atoms in total. The first-order valence-corrected chi connectivity index (χ1v) is 10.9. The van der Waals surface area contributed by atoms with E-state index < -0.39 is 28.4 Å². The number of sulfonamides is 1. The van der Waals surface area contributed by atoms with Crippen molar-refractivity contribution in [2.45, 2.75) is 44.7 Å². The largest absolute Gasteiger partial charge is 0.452 e. The lowest BCUT2D eigenvalue weighted by Gasteiger charge is -2.30. The van der Waals surface area contributed by atoms with E-state index in [-0.39, 0.29) is 34.1 Å². The second-order valence-electron chi connectivity index (χ2n) is 7.17. The number of hydrogen-bond donors (Lipinski definition) is 1. The maximum Gasteiger partial charge on any atom is 0.340 e. The van der Waals surface area contributed by atoms with Gasteiger partial charge in [0.1, 0.15) is 5.82 Å².